The van der Waals surface area contributed by atoms with Crippen molar-refractivity contribution in [2.75, 3.05) is 27.4 Å². The number of ether oxygens (including phenoxy) is 2. The number of imidazole rings is 2. The molecule has 7 aromatic rings. The highest BCUT2D eigenvalue weighted by molar-refractivity contribution is 6.07. The van der Waals surface area contributed by atoms with Crippen molar-refractivity contribution < 1.29 is 28.7 Å². The smallest absolute Gasteiger partial charge is 0.407 e. The van der Waals surface area contributed by atoms with Gasteiger partial charge in [0.1, 0.15) is 23.7 Å². The van der Waals surface area contributed by atoms with Crippen molar-refractivity contribution in [1.29, 1.82) is 0 Å². The Morgan fingerprint density at radius 3 is 2.04 bits per heavy atom. The van der Waals surface area contributed by atoms with Gasteiger partial charge in [-0.15, -0.1) is 0 Å². The number of amides is 4. The zero-order valence-corrected chi connectivity index (χ0v) is 39.8. The summed E-state index contributed by atoms with van der Waals surface area (Å²) in [5.41, 5.74) is 5.77. The molecule has 68 heavy (non-hydrogen) atoms. The lowest BCUT2D eigenvalue weighted by molar-refractivity contribution is -0.139. The molecule has 2 saturated carbocycles. The highest BCUT2D eigenvalue weighted by atomic mass is 16.5. The minimum atomic E-state index is -0.798. The van der Waals surface area contributed by atoms with Crippen LogP contribution in [0.5, 0.6) is 0 Å². The van der Waals surface area contributed by atoms with Gasteiger partial charge in [-0.3, -0.25) is 14.4 Å². The average Bonchev–Trinajstić information content (AvgIpc) is 4.14. The van der Waals surface area contributed by atoms with E-state index >= 15 is 0 Å². The molecule has 0 spiro atoms. The van der Waals surface area contributed by atoms with Gasteiger partial charge in [0, 0.05) is 42.3 Å². The average molecular weight is 917 g/mol. The van der Waals surface area contributed by atoms with E-state index in [2.05, 4.69) is 76.1 Å². The summed E-state index contributed by atoms with van der Waals surface area (Å²) < 4.78 is 10.5. The fraction of sp³-hybridized carbons (Fsp3) is 0.407. The summed E-state index contributed by atoms with van der Waals surface area (Å²) in [4.78, 5) is 75.5. The van der Waals surface area contributed by atoms with Gasteiger partial charge >= 0.3 is 6.09 Å². The number of methoxy groups -OCH3 is 2. The molecule has 1 saturated heterocycles. The molecule has 10 rings (SSSR count). The molecule has 4 N–H and O–H groups in total. The molecule has 0 unspecified atom stereocenters. The van der Waals surface area contributed by atoms with Gasteiger partial charge in [-0.05, 0) is 95.7 Å². The van der Waals surface area contributed by atoms with Gasteiger partial charge in [0.2, 0.25) is 17.7 Å². The van der Waals surface area contributed by atoms with E-state index in [9.17, 15) is 19.2 Å². The zero-order chi connectivity index (χ0) is 47.6. The quantitative estimate of drug-likeness (QED) is 0.0886. The molecule has 14 heteroatoms. The lowest BCUT2D eigenvalue weighted by Gasteiger charge is -2.37. The number of nitrogens with zero attached hydrogens (tertiary/aromatic N) is 4. The number of hydrogen-bond acceptors (Lipinski definition) is 8. The molecule has 7 atom stereocenters. The van der Waals surface area contributed by atoms with Gasteiger partial charge in [-0.1, -0.05) is 94.4 Å². The summed E-state index contributed by atoms with van der Waals surface area (Å²) in [6, 6.07) is 28.4. The third-order valence-electron chi connectivity index (χ3n) is 14.4. The number of rotatable bonds is 13. The fourth-order valence-electron chi connectivity index (χ4n) is 10.3. The molecular weight excluding hydrogens is 857 g/mol. The minimum Gasteiger partial charge on any atom is -0.453 e. The predicted octanol–water partition coefficient (Wildman–Crippen LogP) is 9.28. The van der Waals surface area contributed by atoms with Crippen LogP contribution in [0.3, 0.4) is 0 Å². The van der Waals surface area contributed by atoms with Gasteiger partial charge in [-0.25, -0.2) is 14.8 Å². The van der Waals surface area contributed by atoms with Crippen LogP contribution in [0.1, 0.15) is 95.6 Å². The second-order valence-electron chi connectivity index (χ2n) is 20.4. The van der Waals surface area contributed by atoms with E-state index in [1.807, 2.05) is 80.0 Å². The Balaban J connectivity index is 0.925. The number of fused-ring (bicyclic) bond motifs is 6. The van der Waals surface area contributed by atoms with Crippen LogP contribution in [-0.4, -0.2) is 93.0 Å². The van der Waals surface area contributed by atoms with Crippen molar-refractivity contribution in [1.82, 2.24) is 40.4 Å². The van der Waals surface area contributed by atoms with Gasteiger partial charge in [0.05, 0.1) is 47.9 Å². The molecule has 1 aliphatic heterocycles. The number of alkyl carbamates (subject to hydrolysis) is 1. The maximum Gasteiger partial charge on any atom is 0.407 e. The van der Waals surface area contributed by atoms with Crippen molar-refractivity contribution in [3.8, 4) is 11.1 Å². The monoisotopic (exact) mass is 916 g/mol. The Morgan fingerprint density at radius 2 is 1.46 bits per heavy atom. The van der Waals surface area contributed by atoms with Crippen molar-refractivity contribution in [3.63, 3.8) is 0 Å². The molecule has 3 aliphatic rings. The lowest BCUT2D eigenvalue weighted by atomic mass is 9.85. The first-order valence-electron chi connectivity index (χ1n) is 23.9. The third-order valence-corrected chi connectivity index (χ3v) is 14.4. The number of nitrogens with one attached hydrogen (secondary N) is 4. The Kier molecular flexibility index (Phi) is 11.7. The van der Waals surface area contributed by atoms with Crippen molar-refractivity contribution in [2.24, 2.45) is 23.2 Å². The molecule has 3 fully saturated rings. The van der Waals surface area contributed by atoms with Crippen LogP contribution in [0.25, 0.3) is 54.7 Å². The van der Waals surface area contributed by atoms with E-state index in [0.717, 1.165) is 79.6 Å². The number of carbonyl (C=O) groups is 4. The van der Waals surface area contributed by atoms with Gasteiger partial charge < -0.3 is 39.9 Å². The van der Waals surface area contributed by atoms with E-state index in [1.165, 1.54) is 7.11 Å². The topological polar surface area (TPSA) is 175 Å². The molecule has 14 nitrogen and oxygen atoms in total. The SMILES string of the molecule is COC[C@H]1C[C@@H](c2nc3ccc4cc(-c5ccc6c(ccc7nc([C@H](C)N(C(=O)[C@@H](NC(=O)OC)C(C)(C)C)[C@@H]8C[C@@H]8C)[nH]c76)c5)ccc4c3[nH]2)N(C(=O)[C@H](NC(=O)C2CC2)c2ccccc2)C1. The van der Waals surface area contributed by atoms with E-state index in [4.69, 9.17) is 19.4 Å². The molecular formula is C54H60N8O6. The summed E-state index contributed by atoms with van der Waals surface area (Å²) in [5, 5.41) is 10.0. The third kappa shape index (κ3) is 8.54. The minimum absolute atomic E-state index is 0.0347. The molecule has 0 radical (unpaired) electrons. The number of H-pyrrole nitrogens is 2. The predicted molar refractivity (Wildman–Crippen MR) is 262 cm³/mol. The summed E-state index contributed by atoms with van der Waals surface area (Å²) in [6.07, 6.45) is 2.62. The van der Waals surface area contributed by atoms with E-state index < -0.39 is 23.6 Å². The second kappa shape index (κ2) is 17.7. The van der Waals surface area contributed by atoms with E-state index in [-0.39, 0.29) is 47.7 Å². The van der Waals surface area contributed by atoms with Crippen LogP contribution in [0.4, 0.5) is 4.79 Å². The first-order chi connectivity index (χ1) is 32.7. The zero-order valence-electron chi connectivity index (χ0n) is 39.8. The Hall–Kier alpha value is -6.80. The Labute approximate surface area is 395 Å². The molecule has 2 aromatic heterocycles. The molecule has 2 aliphatic carbocycles. The first-order valence-corrected chi connectivity index (χ1v) is 23.9. The van der Waals surface area contributed by atoms with Crippen LogP contribution < -0.4 is 10.6 Å². The number of hydrogen-bond donors (Lipinski definition) is 4. The highest BCUT2D eigenvalue weighted by Crippen LogP contribution is 2.43. The van der Waals surface area contributed by atoms with Crippen LogP contribution in [0.2, 0.25) is 0 Å². The standard InChI is InChI=1S/C54H60N8O6/c1-29-23-42(29)62(52(65)47(54(3,4)5)60-53(66)68-7)30(2)48-55-40-21-17-36-25-34(15-19-38(36)45(40)57-48)35-16-20-39-37(26-35)18-22-41-46(39)58-49(56-41)43-24-31(28-67-6)27-61(43)51(64)44(32-11-9-8-10-12-32)59-50(63)33-13-14-33/h8-12,15-22,25-26,29-31,33,42-44,47H,13-14,23-24,27-28H2,1-7H3,(H,55,57)(H,56,58)(H,59,63)(H,60,66)/t29-,30-,31-,42+,43-,44+,47+/m0/s1. The van der Waals surface area contributed by atoms with Crippen molar-refractivity contribution in [3.05, 3.63) is 108 Å². The normalized spacial score (nSPS) is 20.7. The highest BCUT2D eigenvalue weighted by Gasteiger charge is 2.48. The number of aromatic amines is 2. The largest absolute Gasteiger partial charge is 0.453 e. The van der Waals surface area contributed by atoms with Crippen LogP contribution in [0, 0.1) is 23.2 Å². The number of benzene rings is 5. The van der Waals surface area contributed by atoms with Crippen LogP contribution in [0.15, 0.2) is 91.0 Å². The van der Waals surface area contributed by atoms with E-state index in [1.54, 1.807) is 7.11 Å². The van der Waals surface area contributed by atoms with Crippen LogP contribution in [-0.2, 0) is 23.9 Å². The van der Waals surface area contributed by atoms with Gasteiger partial charge in [-0.2, -0.15) is 0 Å². The number of likely N-dealkylation sites (tertiary alicyclic amines) is 1. The summed E-state index contributed by atoms with van der Waals surface area (Å²) in [6.45, 7) is 11.0. The Morgan fingerprint density at radius 1 is 0.824 bits per heavy atom. The first kappa shape index (κ1) is 45.0. The maximum absolute atomic E-state index is 14.6. The van der Waals surface area contributed by atoms with Crippen LogP contribution >= 0.6 is 0 Å². The summed E-state index contributed by atoms with van der Waals surface area (Å²) >= 11 is 0. The number of aromatic nitrogens is 4. The molecule has 5 aromatic carbocycles. The summed E-state index contributed by atoms with van der Waals surface area (Å²) in [5.74, 6) is 1.43. The van der Waals surface area contributed by atoms with Crippen molar-refractivity contribution >= 4 is 67.4 Å². The van der Waals surface area contributed by atoms with Gasteiger partial charge in [0.15, 0.2) is 0 Å². The molecule has 0 bridgehead atoms. The number of carbonyl (C=O) groups excluding carboxylic acids is 4. The molecule has 4 amide bonds. The van der Waals surface area contributed by atoms with Crippen molar-refractivity contribution in [2.45, 2.75) is 90.5 Å². The lowest BCUT2D eigenvalue weighted by Crippen LogP contribution is -2.56. The Bertz CT molecular complexity index is 3080. The maximum atomic E-state index is 14.6. The molecule has 3 heterocycles. The van der Waals surface area contributed by atoms with Gasteiger partial charge in [0.25, 0.3) is 0 Å². The van der Waals surface area contributed by atoms with E-state index in [0.29, 0.717) is 37.1 Å². The second-order valence-corrected chi connectivity index (χ2v) is 20.4. The molecule has 352 valence electrons. The fourth-order valence-corrected chi connectivity index (χ4v) is 10.3. The summed E-state index contributed by atoms with van der Waals surface area (Å²) in [7, 11) is 2.99.